The maximum absolute atomic E-state index is 10.4. The van der Waals surface area contributed by atoms with E-state index in [1.54, 1.807) is 0 Å². The van der Waals surface area contributed by atoms with Gasteiger partial charge in [0, 0.05) is 6.42 Å². The molecule has 0 aromatic heterocycles. The zero-order valence-electron chi connectivity index (χ0n) is 8.48. The highest BCUT2D eigenvalue weighted by Gasteiger charge is 2.12. The molecule has 15 heavy (non-hydrogen) atoms. The second-order valence-electron chi connectivity index (χ2n) is 3.16. The molecule has 0 atom stereocenters. The molecule has 0 aliphatic heterocycles. The van der Waals surface area contributed by atoms with Gasteiger partial charge < -0.3 is 10.2 Å². The molecule has 0 fully saturated rings. The van der Waals surface area contributed by atoms with Crippen LogP contribution in [0.2, 0.25) is 0 Å². The van der Waals surface area contributed by atoms with Crippen molar-refractivity contribution in [1.29, 1.82) is 0 Å². The van der Waals surface area contributed by atoms with Gasteiger partial charge in [0.15, 0.2) is 0 Å². The zero-order valence-corrected chi connectivity index (χ0v) is 8.48. The Kier molecular flexibility index (Phi) is 7.02. The summed E-state index contributed by atoms with van der Waals surface area (Å²) in [4.78, 5) is 22.2. The highest BCUT2D eigenvalue weighted by atomic mass is 16.4. The summed E-state index contributed by atoms with van der Waals surface area (Å²) in [5, 5.41) is 17.1. The number of aliphatic carboxylic acids is 2. The van der Waals surface area contributed by atoms with E-state index >= 15 is 0 Å². The third kappa shape index (κ3) is 8.78. The molecule has 0 heterocycles. The van der Waals surface area contributed by atoms with Crippen LogP contribution in [0, 0.1) is 12.3 Å². The number of nitrogens with zero attached hydrogens (tertiary/aromatic N) is 1. The molecule has 0 saturated heterocycles. The Bertz CT molecular complexity index is 241. The molecule has 2 N–H and O–H groups in total. The van der Waals surface area contributed by atoms with Gasteiger partial charge in [-0.2, -0.15) is 0 Å². The van der Waals surface area contributed by atoms with Crippen LogP contribution < -0.4 is 0 Å². The Balaban J connectivity index is 3.85. The van der Waals surface area contributed by atoms with Gasteiger partial charge in [-0.3, -0.25) is 14.5 Å². The van der Waals surface area contributed by atoms with Crippen LogP contribution in [0.25, 0.3) is 0 Å². The summed E-state index contributed by atoms with van der Waals surface area (Å²) in [5.41, 5.74) is 0. The molecule has 84 valence electrons. The monoisotopic (exact) mass is 213 g/mol. The van der Waals surface area contributed by atoms with E-state index in [2.05, 4.69) is 5.92 Å². The fourth-order valence-corrected chi connectivity index (χ4v) is 1.16. The third-order valence-electron chi connectivity index (χ3n) is 1.76. The first kappa shape index (κ1) is 13.5. The summed E-state index contributed by atoms with van der Waals surface area (Å²) < 4.78 is 0. The van der Waals surface area contributed by atoms with Crippen molar-refractivity contribution in [3.05, 3.63) is 0 Å². The predicted molar refractivity (Wildman–Crippen MR) is 54.4 cm³/mol. The summed E-state index contributed by atoms with van der Waals surface area (Å²) in [6.45, 7) is -0.0506. The predicted octanol–water partition coefficient (Wildman–Crippen LogP) is 0.261. The summed E-state index contributed by atoms with van der Waals surface area (Å²) in [6.07, 6.45) is 7.18. The number of rotatable bonds is 8. The summed E-state index contributed by atoms with van der Waals surface area (Å²) in [5.74, 6) is 0.431. The Hall–Kier alpha value is -1.54. The Labute approximate surface area is 88.7 Å². The molecule has 0 aromatic carbocycles. The SMILES string of the molecule is C#CCCCCN(CC(=O)O)CC(=O)O. The van der Waals surface area contributed by atoms with Crippen LogP contribution in [-0.4, -0.2) is 46.7 Å². The van der Waals surface area contributed by atoms with Crippen LogP contribution in [0.4, 0.5) is 0 Å². The number of carboxylic acid groups (broad SMARTS) is 2. The van der Waals surface area contributed by atoms with Gasteiger partial charge >= 0.3 is 11.9 Å². The van der Waals surface area contributed by atoms with Crippen LogP contribution in [0.1, 0.15) is 19.3 Å². The smallest absolute Gasteiger partial charge is 0.317 e. The quantitative estimate of drug-likeness (QED) is 0.446. The molecular formula is C10H15NO4. The average molecular weight is 213 g/mol. The summed E-state index contributed by atoms with van der Waals surface area (Å²) in [7, 11) is 0. The minimum Gasteiger partial charge on any atom is -0.480 e. The molecule has 0 radical (unpaired) electrons. The first-order valence-electron chi connectivity index (χ1n) is 4.65. The molecule has 0 aliphatic rings. The number of carbonyl (C=O) groups is 2. The Morgan fingerprint density at radius 2 is 1.67 bits per heavy atom. The molecule has 0 aliphatic carbocycles. The lowest BCUT2D eigenvalue weighted by Crippen LogP contribution is -2.35. The van der Waals surface area contributed by atoms with Gasteiger partial charge in [-0.1, -0.05) is 0 Å². The average Bonchev–Trinajstić information content (AvgIpc) is 2.10. The van der Waals surface area contributed by atoms with Gasteiger partial charge in [0.1, 0.15) is 0 Å². The molecule has 0 bridgehead atoms. The van der Waals surface area contributed by atoms with E-state index < -0.39 is 11.9 Å². The van der Waals surface area contributed by atoms with E-state index in [-0.39, 0.29) is 13.1 Å². The van der Waals surface area contributed by atoms with Gasteiger partial charge in [0.2, 0.25) is 0 Å². The molecule has 0 spiro atoms. The van der Waals surface area contributed by atoms with E-state index in [9.17, 15) is 9.59 Å². The number of unbranched alkanes of at least 4 members (excludes halogenated alkanes) is 2. The number of carboxylic acids is 2. The largest absolute Gasteiger partial charge is 0.480 e. The van der Waals surface area contributed by atoms with Gasteiger partial charge in [0.05, 0.1) is 13.1 Å². The van der Waals surface area contributed by atoms with E-state index in [1.807, 2.05) is 0 Å². The standard InChI is InChI=1S/C10H15NO4/c1-2-3-4-5-6-11(7-9(12)13)8-10(14)15/h1H,3-8H2,(H,12,13)(H,14,15). The van der Waals surface area contributed by atoms with Crippen LogP contribution in [0.15, 0.2) is 0 Å². The van der Waals surface area contributed by atoms with Crippen molar-refractivity contribution < 1.29 is 19.8 Å². The first-order chi connectivity index (χ1) is 7.06. The van der Waals surface area contributed by atoms with E-state index in [0.717, 1.165) is 6.42 Å². The second-order valence-corrected chi connectivity index (χ2v) is 3.16. The normalized spacial score (nSPS) is 9.87. The lowest BCUT2D eigenvalue weighted by Gasteiger charge is -2.17. The number of hydrogen-bond donors (Lipinski definition) is 2. The van der Waals surface area contributed by atoms with Crippen molar-refractivity contribution in [3.63, 3.8) is 0 Å². The summed E-state index contributed by atoms with van der Waals surface area (Å²) >= 11 is 0. The summed E-state index contributed by atoms with van der Waals surface area (Å²) in [6, 6.07) is 0. The fourth-order valence-electron chi connectivity index (χ4n) is 1.16. The molecule has 5 nitrogen and oxygen atoms in total. The van der Waals surface area contributed by atoms with E-state index in [1.165, 1.54) is 4.90 Å². The highest BCUT2D eigenvalue weighted by Crippen LogP contribution is 1.98. The van der Waals surface area contributed by atoms with E-state index in [4.69, 9.17) is 16.6 Å². The molecule has 0 aromatic rings. The lowest BCUT2D eigenvalue weighted by atomic mass is 10.2. The van der Waals surface area contributed by atoms with Crippen LogP contribution in [0.3, 0.4) is 0 Å². The van der Waals surface area contributed by atoms with Crippen molar-refractivity contribution in [3.8, 4) is 12.3 Å². The van der Waals surface area contributed by atoms with Crippen molar-refractivity contribution in [2.45, 2.75) is 19.3 Å². The van der Waals surface area contributed by atoms with Crippen molar-refractivity contribution in [2.24, 2.45) is 0 Å². The highest BCUT2D eigenvalue weighted by molar-refractivity contribution is 5.72. The molecular weight excluding hydrogens is 198 g/mol. The van der Waals surface area contributed by atoms with Crippen LogP contribution in [0.5, 0.6) is 0 Å². The third-order valence-corrected chi connectivity index (χ3v) is 1.76. The van der Waals surface area contributed by atoms with Crippen LogP contribution in [-0.2, 0) is 9.59 Å². The second kappa shape index (κ2) is 7.83. The first-order valence-corrected chi connectivity index (χ1v) is 4.65. The van der Waals surface area contributed by atoms with Gasteiger partial charge in [0.25, 0.3) is 0 Å². The van der Waals surface area contributed by atoms with Gasteiger partial charge in [-0.25, -0.2) is 0 Å². The van der Waals surface area contributed by atoms with Crippen molar-refractivity contribution >= 4 is 11.9 Å². The van der Waals surface area contributed by atoms with Crippen molar-refractivity contribution in [2.75, 3.05) is 19.6 Å². The molecule has 0 amide bonds. The minimum atomic E-state index is -1.02. The molecule has 0 unspecified atom stereocenters. The molecule has 5 heteroatoms. The number of hydrogen-bond acceptors (Lipinski definition) is 3. The van der Waals surface area contributed by atoms with Gasteiger partial charge in [-0.15, -0.1) is 12.3 Å². The topological polar surface area (TPSA) is 77.8 Å². The Morgan fingerprint density at radius 3 is 2.07 bits per heavy atom. The van der Waals surface area contributed by atoms with Crippen LogP contribution >= 0.6 is 0 Å². The van der Waals surface area contributed by atoms with Gasteiger partial charge in [-0.05, 0) is 19.4 Å². The molecule has 0 saturated carbocycles. The van der Waals surface area contributed by atoms with E-state index in [0.29, 0.717) is 19.4 Å². The fraction of sp³-hybridized carbons (Fsp3) is 0.600. The number of terminal acetylenes is 1. The van der Waals surface area contributed by atoms with Crippen molar-refractivity contribution in [1.82, 2.24) is 4.90 Å². The maximum atomic E-state index is 10.4. The minimum absolute atomic E-state index is 0.248. The zero-order chi connectivity index (χ0) is 11.7. The maximum Gasteiger partial charge on any atom is 0.317 e. The Morgan fingerprint density at radius 1 is 1.13 bits per heavy atom. The lowest BCUT2D eigenvalue weighted by molar-refractivity contribution is -0.141. The molecule has 0 rings (SSSR count).